The molecule has 2 unspecified atom stereocenters. The molecule has 8 nitrogen and oxygen atoms in total. The first-order valence-electron chi connectivity index (χ1n) is 13.4. The highest BCUT2D eigenvalue weighted by Gasteiger charge is 2.31. The van der Waals surface area contributed by atoms with Crippen LogP contribution in [-0.2, 0) is 34.2 Å². The lowest BCUT2D eigenvalue weighted by Crippen LogP contribution is -2.49. The zero-order valence-corrected chi connectivity index (χ0v) is 21.5. The van der Waals surface area contributed by atoms with Gasteiger partial charge in [0, 0.05) is 55.9 Å². The van der Waals surface area contributed by atoms with Crippen molar-refractivity contribution in [3.05, 3.63) is 35.0 Å². The average Bonchev–Trinajstić information content (AvgIpc) is 3.17. The number of aromatic nitrogens is 1. The summed E-state index contributed by atoms with van der Waals surface area (Å²) in [4.78, 5) is 27.2. The molecule has 2 atom stereocenters. The van der Waals surface area contributed by atoms with Crippen molar-refractivity contribution in [1.82, 2.24) is 14.8 Å². The fourth-order valence-corrected chi connectivity index (χ4v) is 6.22. The number of amides is 2. The molecule has 2 fully saturated rings. The molecule has 2 saturated heterocycles. The SMILES string of the molecule is CN(C(=O)c1ccc2c(c1)c1c(n2C)CCC(C2CCOCC2)C1)C(CO)CCC(=O)NC1COC1. The van der Waals surface area contributed by atoms with E-state index >= 15 is 0 Å². The molecular weight excluding hydrogens is 458 g/mol. The third kappa shape index (κ3) is 5.04. The maximum Gasteiger partial charge on any atom is 0.253 e. The highest BCUT2D eigenvalue weighted by molar-refractivity contribution is 5.99. The fourth-order valence-electron chi connectivity index (χ4n) is 6.22. The van der Waals surface area contributed by atoms with Crippen LogP contribution in [0.25, 0.3) is 10.9 Å². The Kier molecular flexibility index (Phi) is 7.65. The third-order valence-electron chi connectivity index (χ3n) is 8.62. The molecule has 0 bridgehead atoms. The van der Waals surface area contributed by atoms with Crippen molar-refractivity contribution in [2.45, 2.75) is 57.0 Å². The molecule has 2 amide bonds. The molecule has 0 saturated carbocycles. The summed E-state index contributed by atoms with van der Waals surface area (Å²) in [6.45, 7) is 2.66. The Morgan fingerprint density at radius 2 is 1.94 bits per heavy atom. The normalized spacial score (nSPS) is 21.6. The second kappa shape index (κ2) is 10.9. The van der Waals surface area contributed by atoms with Gasteiger partial charge in [-0.25, -0.2) is 0 Å². The summed E-state index contributed by atoms with van der Waals surface area (Å²) in [5.74, 6) is 1.19. The molecule has 8 heteroatoms. The van der Waals surface area contributed by atoms with Gasteiger partial charge in [0.1, 0.15) is 0 Å². The second-order valence-corrected chi connectivity index (χ2v) is 10.8. The number of aliphatic hydroxyl groups is 1. The molecule has 2 aliphatic heterocycles. The van der Waals surface area contributed by atoms with Gasteiger partial charge in [0.05, 0.1) is 31.9 Å². The number of hydrogen-bond donors (Lipinski definition) is 2. The van der Waals surface area contributed by atoms with Crippen molar-refractivity contribution in [3.63, 3.8) is 0 Å². The lowest BCUT2D eigenvalue weighted by atomic mass is 9.75. The number of carbonyl (C=O) groups excluding carboxylic acids is 2. The minimum Gasteiger partial charge on any atom is -0.394 e. The van der Waals surface area contributed by atoms with E-state index in [0.717, 1.165) is 44.8 Å². The van der Waals surface area contributed by atoms with E-state index in [0.29, 0.717) is 31.1 Å². The highest BCUT2D eigenvalue weighted by atomic mass is 16.5. The van der Waals surface area contributed by atoms with Crippen LogP contribution in [-0.4, -0.2) is 78.6 Å². The molecule has 0 spiro atoms. The summed E-state index contributed by atoms with van der Waals surface area (Å²) in [6.07, 6.45) is 6.32. The minimum absolute atomic E-state index is 0.0704. The molecule has 3 heterocycles. The first-order chi connectivity index (χ1) is 17.5. The summed E-state index contributed by atoms with van der Waals surface area (Å²) in [6, 6.07) is 5.65. The van der Waals surface area contributed by atoms with E-state index in [-0.39, 0.29) is 30.9 Å². The van der Waals surface area contributed by atoms with E-state index in [1.165, 1.54) is 28.6 Å². The van der Waals surface area contributed by atoms with Gasteiger partial charge in [-0.1, -0.05) is 0 Å². The number of ether oxygens (including phenoxy) is 2. The second-order valence-electron chi connectivity index (χ2n) is 10.8. The van der Waals surface area contributed by atoms with Crippen LogP contribution in [0, 0.1) is 11.8 Å². The number of hydrogen-bond acceptors (Lipinski definition) is 5. The maximum atomic E-state index is 13.4. The van der Waals surface area contributed by atoms with Gasteiger partial charge in [0.25, 0.3) is 5.91 Å². The molecule has 5 rings (SSSR count). The van der Waals surface area contributed by atoms with E-state index < -0.39 is 6.04 Å². The summed E-state index contributed by atoms with van der Waals surface area (Å²) in [7, 11) is 3.85. The largest absolute Gasteiger partial charge is 0.394 e. The molecule has 1 aliphatic carbocycles. The monoisotopic (exact) mass is 497 g/mol. The number of nitrogens with one attached hydrogen (secondary N) is 1. The van der Waals surface area contributed by atoms with Crippen LogP contribution in [0.2, 0.25) is 0 Å². The van der Waals surface area contributed by atoms with E-state index in [4.69, 9.17) is 9.47 Å². The van der Waals surface area contributed by atoms with E-state index in [9.17, 15) is 14.7 Å². The zero-order valence-electron chi connectivity index (χ0n) is 21.5. The number of aryl methyl sites for hydroxylation is 1. The molecule has 196 valence electrons. The van der Waals surface area contributed by atoms with Gasteiger partial charge in [-0.3, -0.25) is 9.59 Å². The number of nitrogens with zero attached hydrogens (tertiary/aromatic N) is 2. The molecule has 0 radical (unpaired) electrons. The minimum atomic E-state index is -0.417. The van der Waals surface area contributed by atoms with Gasteiger partial charge in [-0.15, -0.1) is 0 Å². The smallest absolute Gasteiger partial charge is 0.253 e. The predicted molar refractivity (Wildman–Crippen MR) is 137 cm³/mol. The van der Waals surface area contributed by atoms with Gasteiger partial charge >= 0.3 is 0 Å². The molecule has 1 aromatic carbocycles. The lowest BCUT2D eigenvalue weighted by Gasteiger charge is -2.33. The Hall–Kier alpha value is -2.42. The van der Waals surface area contributed by atoms with Gasteiger partial charge in [0.15, 0.2) is 0 Å². The van der Waals surface area contributed by atoms with Crippen LogP contribution >= 0.6 is 0 Å². The molecule has 1 aromatic heterocycles. The number of carbonyl (C=O) groups is 2. The Morgan fingerprint density at radius 1 is 1.17 bits per heavy atom. The van der Waals surface area contributed by atoms with Crippen molar-refractivity contribution >= 4 is 22.7 Å². The van der Waals surface area contributed by atoms with Crippen LogP contribution in [0.3, 0.4) is 0 Å². The van der Waals surface area contributed by atoms with Crippen LogP contribution in [0.4, 0.5) is 0 Å². The lowest BCUT2D eigenvalue weighted by molar-refractivity contribution is -0.125. The Morgan fingerprint density at radius 3 is 2.64 bits per heavy atom. The average molecular weight is 498 g/mol. The van der Waals surface area contributed by atoms with Crippen molar-refractivity contribution in [3.8, 4) is 0 Å². The van der Waals surface area contributed by atoms with Crippen LogP contribution < -0.4 is 5.32 Å². The van der Waals surface area contributed by atoms with Crippen LogP contribution in [0.5, 0.6) is 0 Å². The van der Waals surface area contributed by atoms with Gasteiger partial charge < -0.3 is 29.4 Å². The number of rotatable bonds is 8. The van der Waals surface area contributed by atoms with Gasteiger partial charge in [-0.05, 0) is 74.1 Å². The Bertz CT molecular complexity index is 1100. The van der Waals surface area contributed by atoms with Gasteiger partial charge in [0.2, 0.25) is 5.91 Å². The molecule has 2 N–H and O–H groups in total. The summed E-state index contributed by atoms with van der Waals surface area (Å²) in [5, 5.41) is 14.1. The van der Waals surface area contributed by atoms with Crippen LogP contribution in [0.1, 0.15) is 53.7 Å². The fraction of sp³-hybridized carbons (Fsp3) is 0.643. The molecule has 2 aromatic rings. The molecule has 3 aliphatic rings. The van der Waals surface area contributed by atoms with Crippen molar-refractivity contribution in [2.24, 2.45) is 18.9 Å². The Labute approximate surface area is 212 Å². The molecular formula is C28H39N3O5. The van der Waals surface area contributed by atoms with Crippen molar-refractivity contribution in [2.75, 3.05) is 40.1 Å². The highest BCUT2D eigenvalue weighted by Crippen LogP contribution is 2.39. The van der Waals surface area contributed by atoms with Gasteiger partial charge in [-0.2, -0.15) is 0 Å². The third-order valence-corrected chi connectivity index (χ3v) is 8.62. The number of benzene rings is 1. The van der Waals surface area contributed by atoms with E-state index in [1.54, 1.807) is 11.9 Å². The number of fused-ring (bicyclic) bond motifs is 3. The number of aliphatic hydroxyl groups excluding tert-OH is 1. The first-order valence-corrected chi connectivity index (χ1v) is 13.4. The quantitative estimate of drug-likeness (QED) is 0.585. The summed E-state index contributed by atoms with van der Waals surface area (Å²) in [5.41, 5.74) is 4.58. The van der Waals surface area contributed by atoms with Crippen molar-refractivity contribution in [1.29, 1.82) is 0 Å². The van der Waals surface area contributed by atoms with Crippen LogP contribution in [0.15, 0.2) is 18.2 Å². The van der Waals surface area contributed by atoms with E-state index in [2.05, 4.69) is 23.0 Å². The first kappa shape index (κ1) is 25.2. The maximum absolute atomic E-state index is 13.4. The summed E-state index contributed by atoms with van der Waals surface area (Å²) < 4.78 is 13.0. The number of likely N-dealkylation sites (N-methyl/N-ethyl adjacent to an activating group) is 1. The van der Waals surface area contributed by atoms with E-state index in [1.807, 2.05) is 12.1 Å². The van der Waals surface area contributed by atoms with Crippen molar-refractivity contribution < 1.29 is 24.2 Å². The Balaban J connectivity index is 1.30. The standard InChI is InChI=1S/C28H39N3O5/c1-30(22(15-32)5-8-27(33)29-21-16-36-17-21)28(34)20-4-7-26-24(14-20)23-13-19(3-6-25(23)31(26)2)18-9-11-35-12-10-18/h4,7,14,18-19,21-22,32H,3,5-6,8-13,15-17H2,1-2H3,(H,29,33). The predicted octanol–water partition coefficient (Wildman–Crippen LogP) is 2.44. The summed E-state index contributed by atoms with van der Waals surface area (Å²) >= 11 is 0. The topological polar surface area (TPSA) is 93.0 Å². The molecule has 36 heavy (non-hydrogen) atoms. The zero-order chi connectivity index (χ0) is 25.2.